The summed E-state index contributed by atoms with van der Waals surface area (Å²) < 4.78 is 28.0. The maximum Gasteiger partial charge on any atom is 0.252 e. The van der Waals surface area contributed by atoms with Gasteiger partial charge in [-0.15, -0.1) is 11.3 Å². The number of sulfonamides is 1. The molecule has 0 atom stereocenters. The molecular weight excluding hydrogens is 608 g/mol. The van der Waals surface area contributed by atoms with Crippen LogP contribution in [0, 0.1) is 0 Å². The number of carbonyl (C=O) groups excluding carboxylic acids is 3. The van der Waals surface area contributed by atoms with Gasteiger partial charge in [0.05, 0.1) is 6.54 Å². The SMILES string of the molecule is CC(=O)c1ccc(N2CCN(S(=O)(=O)c3ccc(CNC(=O)c4ccc(Cl)cc4)s3)CC2)cc1.NC(=O)c1ccccc1. The molecule has 2 heterocycles. The van der Waals surface area contributed by atoms with Gasteiger partial charge in [-0.1, -0.05) is 29.8 Å². The summed E-state index contributed by atoms with van der Waals surface area (Å²) in [4.78, 5) is 37.0. The topological polar surface area (TPSA) is 130 Å². The molecule has 1 aliphatic heterocycles. The van der Waals surface area contributed by atoms with Crippen molar-refractivity contribution in [1.29, 1.82) is 0 Å². The van der Waals surface area contributed by atoms with Crippen LogP contribution in [0.25, 0.3) is 0 Å². The van der Waals surface area contributed by atoms with Gasteiger partial charge in [-0.25, -0.2) is 8.42 Å². The molecule has 0 aliphatic carbocycles. The van der Waals surface area contributed by atoms with Gasteiger partial charge in [-0.2, -0.15) is 4.31 Å². The molecule has 2 amide bonds. The van der Waals surface area contributed by atoms with Gasteiger partial charge in [0.25, 0.3) is 15.9 Å². The highest BCUT2D eigenvalue weighted by Gasteiger charge is 2.30. The second-order valence-electron chi connectivity index (χ2n) is 9.63. The molecule has 1 aromatic heterocycles. The Bertz CT molecular complexity index is 1670. The smallest absolute Gasteiger partial charge is 0.252 e. The number of hydrogen-bond donors (Lipinski definition) is 2. The average molecular weight is 639 g/mol. The third-order valence-electron chi connectivity index (χ3n) is 6.70. The predicted molar refractivity (Wildman–Crippen MR) is 169 cm³/mol. The highest BCUT2D eigenvalue weighted by Crippen LogP contribution is 2.27. The van der Waals surface area contributed by atoms with Crippen LogP contribution in [0.2, 0.25) is 5.02 Å². The van der Waals surface area contributed by atoms with Crippen LogP contribution >= 0.6 is 22.9 Å². The molecule has 3 N–H and O–H groups in total. The second kappa shape index (κ2) is 14.4. The lowest BCUT2D eigenvalue weighted by molar-refractivity contribution is 0.0949. The number of ketones is 1. The average Bonchev–Trinajstić information content (AvgIpc) is 3.51. The molecule has 12 heteroatoms. The molecule has 1 fully saturated rings. The van der Waals surface area contributed by atoms with Crippen LogP contribution in [0.1, 0.15) is 42.9 Å². The number of nitrogens with one attached hydrogen (secondary N) is 1. The molecule has 0 spiro atoms. The minimum Gasteiger partial charge on any atom is -0.369 e. The van der Waals surface area contributed by atoms with Gasteiger partial charge >= 0.3 is 0 Å². The van der Waals surface area contributed by atoms with Gasteiger partial charge in [-0.3, -0.25) is 14.4 Å². The molecule has 9 nitrogen and oxygen atoms in total. The summed E-state index contributed by atoms with van der Waals surface area (Å²) in [6.07, 6.45) is 0. The highest BCUT2D eigenvalue weighted by molar-refractivity contribution is 7.91. The first-order valence-corrected chi connectivity index (χ1v) is 16.0. The lowest BCUT2D eigenvalue weighted by Gasteiger charge is -2.35. The Hall–Kier alpha value is -4.03. The lowest BCUT2D eigenvalue weighted by atomic mass is 10.1. The van der Waals surface area contributed by atoms with E-state index in [1.165, 1.54) is 11.2 Å². The summed E-state index contributed by atoms with van der Waals surface area (Å²) >= 11 is 7.01. The fraction of sp³-hybridized carbons (Fsp3) is 0.194. The van der Waals surface area contributed by atoms with Crippen LogP contribution in [0.5, 0.6) is 0 Å². The van der Waals surface area contributed by atoms with E-state index in [1.807, 2.05) is 18.2 Å². The standard InChI is InChI=1S/C24H24ClN3O4S2.C7H7NO/c1-17(29)18-4-8-21(9-5-18)27-12-14-28(15-13-27)34(31,32)23-11-10-22(33-23)16-26-24(30)19-2-6-20(25)7-3-19;8-7(9)6-4-2-1-3-5-6/h2-11H,12-16H2,1H3,(H,26,30);1-5H,(H2,8,9). The second-order valence-corrected chi connectivity index (χ2v) is 13.4. The summed E-state index contributed by atoms with van der Waals surface area (Å²) in [5, 5.41) is 3.36. The third-order valence-corrected chi connectivity index (χ3v) is 10.4. The molecule has 4 aromatic rings. The Labute approximate surface area is 259 Å². The number of halogens is 1. The monoisotopic (exact) mass is 638 g/mol. The number of Topliss-reactive ketones (excluding diaryl/α,β-unsaturated/α-hetero) is 1. The largest absolute Gasteiger partial charge is 0.369 e. The van der Waals surface area contributed by atoms with Gasteiger partial charge in [-0.05, 0) is 79.7 Å². The summed E-state index contributed by atoms with van der Waals surface area (Å²) in [7, 11) is -3.61. The maximum atomic E-state index is 13.1. The highest BCUT2D eigenvalue weighted by atomic mass is 35.5. The van der Waals surface area contributed by atoms with Crippen molar-refractivity contribution < 1.29 is 22.8 Å². The summed E-state index contributed by atoms with van der Waals surface area (Å²) in [6, 6.07) is 26.0. The minimum atomic E-state index is -3.61. The van der Waals surface area contributed by atoms with E-state index < -0.39 is 10.0 Å². The first-order valence-electron chi connectivity index (χ1n) is 13.4. The maximum absolute atomic E-state index is 13.1. The summed E-state index contributed by atoms with van der Waals surface area (Å²) in [5.41, 5.74) is 7.64. The minimum absolute atomic E-state index is 0.0160. The molecule has 43 heavy (non-hydrogen) atoms. The van der Waals surface area contributed by atoms with Crippen molar-refractivity contribution in [3.05, 3.63) is 118 Å². The van der Waals surface area contributed by atoms with Gasteiger partial charge in [0.1, 0.15) is 4.21 Å². The number of anilines is 1. The first-order chi connectivity index (χ1) is 20.5. The Morgan fingerprint density at radius 1 is 0.814 bits per heavy atom. The molecule has 3 aromatic carbocycles. The van der Waals surface area contributed by atoms with E-state index in [4.69, 9.17) is 17.3 Å². The Morgan fingerprint density at radius 2 is 1.42 bits per heavy atom. The molecule has 0 radical (unpaired) electrons. The number of carbonyl (C=O) groups is 3. The quantitative estimate of drug-likeness (QED) is 0.266. The van der Waals surface area contributed by atoms with Crippen molar-refractivity contribution in [2.45, 2.75) is 17.7 Å². The summed E-state index contributed by atoms with van der Waals surface area (Å²) in [5.74, 6) is -0.611. The molecule has 1 saturated heterocycles. The number of primary amides is 1. The van der Waals surface area contributed by atoms with Gasteiger partial charge < -0.3 is 16.0 Å². The fourth-order valence-electron chi connectivity index (χ4n) is 4.29. The van der Waals surface area contributed by atoms with Crippen LogP contribution in [0.4, 0.5) is 5.69 Å². The van der Waals surface area contributed by atoms with Crippen molar-refractivity contribution in [3.8, 4) is 0 Å². The number of benzene rings is 3. The molecule has 5 rings (SSSR count). The lowest BCUT2D eigenvalue weighted by Crippen LogP contribution is -2.48. The summed E-state index contributed by atoms with van der Waals surface area (Å²) in [6.45, 7) is 3.64. The number of piperazine rings is 1. The zero-order chi connectivity index (χ0) is 31.0. The number of hydrogen-bond acceptors (Lipinski definition) is 7. The number of rotatable bonds is 8. The molecular formula is C31H31ClN4O5S2. The van der Waals surface area contributed by atoms with Crippen molar-refractivity contribution in [2.75, 3.05) is 31.1 Å². The van der Waals surface area contributed by atoms with Crippen LogP contribution in [0.3, 0.4) is 0 Å². The predicted octanol–water partition coefficient (Wildman–Crippen LogP) is 4.83. The zero-order valence-electron chi connectivity index (χ0n) is 23.4. The van der Waals surface area contributed by atoms with E-state index in [9.17, 15) is 22.8 Å². The number of amides is 2. The van der Waals surface area contributed by atoms with Gasteiger partial charge in [0, 0.05) is 58.5 Å². The van der Waals surface area contributed by atoms with E-state index >= 15 is 0 Å². The first kappa shape index (κ1) is 31.9. The number of nitrogens with two attached hydrogens (primary N) is 1. The van der Waals surface area contributed by atoms with Crippen LogP contribution in [0.15, 0.2) is 95.2 Å². The van der Waals surface area contributed by atoms with Crippen molar-refractivity contribution >= 4 is 56.2 Å². The third kappa shape index (κ3) is 8.51. The van der Waals surface area contributed by atoms with Gasteiger partial charge in [0.2, 0.25) is 5.91 Å². The molecule has 0 bridgehead atoms. The normalized spacial score (nSPS) is 13.5. The van der Waals surface area contributed by atoms with E-state index in [2.05, 4.69) is 10.2 Å². The van der Waals surface area contributed by atoms with Crippen LogP contribution in [-0.2, 0) is 16.6 Å². The number of thiophene rings is 1. The van der Waals surface area contributed by atoms with Gasteiger partial charge in [0.15, 0.2) is 5.78 Å². The zero-order valence-corrected chi connectivity index (χ0v) is 25.8. The van der Waals surface area contributed by atoms with E-state index in [1.54, 1.807) is 72.8 Å². The molecule has 0 saturated carbocycles. The van der Waals surface area contributed by atoms with Crippen molar-refractivity contribution in [2.24, 2.45) is 5.73 Å². The molecule has 1 aliphatic rings. The van der Waals surface area contributed by atoms with Crippen LogP contribution in [-0.4, -0.2) is 56.5 Å². The Balaban J connectivity index is 0.000000403. The fourth-order valence-corrected chi connectivity index (χ4v) is 7.28. The molecule has 224 valence electrons. The van der Waals surface area contributed by atoms with E-state index in [-0.39, 0.29) is 28.4 Å². The Kier molecular flexibility index (Phi) is 10.7. The Morgan fingerprint density at radius 3 is 1.98 bits per heavy atom. The van der Waals surface area contributed by atoms with Crippen molar-refractivity contribution in [3.63, 3.8) is 0 Å². The van der Waals surface area contributed by atoms with E-state index in [0.29, 0.717) is 47.9 Å². The van der Waals surface area contributed by atoms with E-state index in [0.717, 1.165) is 21.9 Å². The van der Waals surface area contributed by atoms with Crippen LogP contribution < -0.4 is 16.0 Å². The molecule has 0 unspecified atom stereocenters. The number of nitrogens with zero attached hydrogens (tertiary/aromatic N) is 2. The van der Waals surface area contributed by atoms with Crippen molar-refractivity contribution in [1.82, 2.24) is 9.62 Å².